The van der Waals surface area contributed by atoms with Crippen molar-refractivity contribution in [3.8, 4) is 0 Å². The fourth-order valence-electron chi connectivity index (χ4n) is 3.12. The lowest BCUT2D eigenvalue weighted by Crippen LogP contribution is -2.38. The second-order valence-corrected chi connectivity index (χ2v) is 8.02. The Hall–Kier alpha value is -0.830. The van der Waals surface area contributed by atoms with E-state index in [2.05, 4.69) is 57.9 Å². The minimum absolute atomic E-state index is 0. The van der Waals surface area contributed by atoms with Crippen LogP contribution in [0.3, 0.4) is 0 Å². The SMILES string of the molecule is C=CC[N+](C)(C)Cc1ccccc1.CCCCCCCCCCCCN.Cl. The van der Waals surface area contributed by atoms with E-state index in [9.17, 15) is 0 Å². The molecule has 0 saturated carbocycles. The molecule has 0 aliphatic carbocycles. The summed E-state index contributed by atoms with van der Waals surface area (Å²) in [6, 6.07) is 10.6. The third-order valence-electron chi connectivity index (χ3n) is 4.63. The molecule has 0 amide bonds. The zero-order chi connectivity index (χ0) is 19.5. The first-order chi connectivity index (χ1) is 12.6. The van der Waals surface area contributed by atoms with Gasteiger partial charge in [-0.25, -0.2) is 0 Å². The van der Waals surface area contributed by atoms with Crippen molar-refractivity contribution in [2.45, 2.75) is 77.7 Å². The summed E-state index contributed by atoms with van der Waals surface area (Å²) in [7, 11) is 4.43. The molecule has 1 aromatic carbocycles. The third-order valence-corrected chi connectivity index (χ3v) is 4.63. The number of nitrogens with two attached hydrogens (primary N) is 1. The van der Waals surface area contributed by atoms with Crippen LogP contribution in [0.15, 0.2) is 43.0 Å². The Kier molecular flexibility index (Phi) is 20.9. The number of quaternary nitrogens is 1. The highest BCUT2D eigenvalue weighted by molar-refractivity contribution is 5.85. The summed E-state index contributed by atoms with van der Waals surface area (Å²) in [4.78, 5) is 0. The molecule has 1 rings (SSSR count). The van der Waals surface area contributed by atoms with Crippen molar-refractivity contribution in [1.29, 1.82) is 0 Å². The molecule has 0 bridgehead atoms. The van der Waals surface area contributed by atoms with Gasteiger partial charge in [-0.1, -0.05) is 102 Å². The van der Waals surface area contributed by atoms with E-state index in [1.54, 1.807) is 0 Å². The molecule has 0 aromatic heterocycles. The summed E-state index contributed by atoms with van der Waals surface area (Å²) in [6.45, 7) is 8.99. The van der Waals surface area contributed by atoms with E-state index in [1.807, 2.05) is 6.08 Å². The molecule has 0 fully saturated rings. The Morgan fingerprint density at radius 1 is 0.852 bits per heavy atom. The molecular formula is C24H46ClN2+. The lowest BCUT2D eigenvalue weighted by molar-refractivity contribution is -0.897. The molecule has 0 aliphatic rings. The van der Waals surface area contributed by atoms with Gasteiger partial charge in [-0.2, -0.15) is 0 Å². The van der Waals surface area contributed by atoms with Gasteiger partial charge in [0.1, 0.15) is 6.54 Å². The molecule has 0 atom stereocenters. The van der Waals surface area contributed by atoms with Gasteiger partial charge in [-0.05, 0) is 19.0 Å². The summed E-state index contributed by atoms with van der Waals surface area (Å²) < 4.78 is 0.966. The lowest BCUT2D eigenvalue weighted by Gasteiger charge is -2.28. The Bertz CT molecular complexity index is 408. The van der Waals surface area contributed by atoms with Crippen molar-refractivity contribution in [3.05, 3.63) is 48.6 Å². The van der Waals surface area contributed by atoms with Crippen LogP contribution in [0.25, 0.3) is 0 Å². The van der Waals surface area contributed by atoms with E-state index in [1.165, 1.54) is 69.8 Å². The van der Waals surface area contributed by atoms with Crippen LogP contribution >= 0.6 is 12.4 Å². The van der Waals surface area contributed by atoms with E-state index in [4.69, 9.17) is 5.73 Å². The highest BCUT2D eigenvalue weighted by Crippen LogP contribution is 2.10. The minimum atomic E-state index is 0. The quantitative estimate of drug-likeness (QED) is 0.210. The number of hydrogen-bond acceptors (Lipinski definition) is 1. The van der Waals surface area contributed by atoms with Crippen LogP contribution in [0.4, 0.5) is 0 Å². The average molecular weight is 398 g/mol. The fraction of sp³-hybridized carbons (Fsp3) is 0.667. The smallest absolute Gasteiger partial charge is 0.104 e. The Morgan fingerprint density at radius 2 is 1.33 bits per heavy atom. The predicted molar refractivity (Wildman–Crippen MR) is 125 cm³/mol. The standard InChI is InChI=1S/C12H18N.C12H27N.ClH/c1-4-10-13(2,3)11-12-8-6-5-7-9-12;1-2-3-4-5-6-7-8-9-10-11-12-13;/h4-9H,1,10-11H2,2-3H3;2-13H2,1H3;1H/q+1;;. The molecule has 0 radical (unpaired) electrons. The number of rotatable bonds is 14. The van der Waals surface area contributed by atoms with Crippen molar-refractivity contribution in [1.82, 2.24) is 0 Å². The number of benzene rings is 1. The minimum Gasteiger partial charge on any atom is -0.330 e. The normalized spacial score (nSPS) is 10.5. The Balaban J connectivity index is 0. The van der Waals surface area contributed by atoms with Gasteiger partial charge >= 0.3 is 0 Å². The number of unbranched alkanes of at least 4 members (excludes halogenated alkanes) is 9. The van der Waals surface area contributed by atoms with Gasteiger partial charge in [-0.15, -0.1) is 12.4 Å². The van der Waals surface area contributed by atoms with Crippen LogP contribution in [-0.2, 0) is 6.54 Å². The van der Waals surface area contributed by atoms with E-state index >= 15 is 0 Å². The zero-order valence-electron chi connectivity index (χ0n) is 18.3. The third kappa shape index (κ3) is 19.7. The summed E-state index contributed by atoms with van der Waals surface area (Å²) in [5, 5.41) is 0. The maximum absolute atomic E-state index is 5.42. The second-order valence-electron chi connectivity index (χ2n) is 8.02. The monoisotopic (exact) mass is 397 g/mol. The highest BCUT2D eigenvalue weighted by Gasteiger charge is 2.12. The van der Waals surface area contributed by atoms with Gasteiger partial charge in [0.05, 0.1) is 20.6 Å². The second kappa shape index (κ2) is 19.9. The zero-order valence-corrected chi connectivity index (χ0v) is 19.1. The predicted octanol–water partition coefficient (Wildman–Crippen LogP) is 6.74. The molecule has 0 spiro atoms. The van der Waals surface area contributed by atoms with Crippen molar-refractivity contribution < 1.29 is 4.48 Å². The van der Waals surface area contributed by atoms with Crippen molar-refractivity contribution in [3.63, 3.8) is 0 Å². The summed E-state index contributed by atoms with van der Waals surface area (Å²) in [6.07, 6.45) is 15.9. The Morgan fingerprint density at radius 3 is 1.78 bits per heavy atom. The molecule has 2 N–H and O–H groups in total. The molecule has 0 unspecified atom stereocenters. The molecular weight excluding hydrogens is 352 g/mol. The lowest BCUT2D eigenvalue weighted by atomic mass is 10.1. The summed E-state index contributed by atoms with van der Waals surface area (Å²) in [5.41, 5.74) is 6.81. The Labute approximate surface area is 176 Å². The maximum atomic E-state index is 5.42. The molecule has 3 heteroatoms. The number of halogens is 1. The largest absolute Gasteiger partial charge is 0.330 e. The van der Waals surface area contributed by atoms with Crippen LogP contribution < -0.4 is 5.73 Å². The van der Waals surface area contributed by atoms with E-state index in [0.29, 0.717) is 0 Å². The highest BCUT2D eigenvalue weighted by atomic mass is 35.5. The molecule has 1 aromatic rings. The number of nitrogens with zero attached hydrogens (tertiary/aromatic N) is 1. The average Bonchev–Trinajstić information content (AvgIpc) is 2.61. The summed E-state index contributed by atoms with van der Waals surface area (Å²) >= 11 is 0. The van der Waals surface area contributed by atoms with Crippen LogP contribution in [0.2, 0.25) is 0 Å². The molecule has 27 heavy (non-hydrogen) atoms. The molecule has 158 valence electrons. The van der Waals surface area contributed by atoms with Crippen LogP contribution in [0, 0.1) is 0 Å². The van der Waals surface area contributed by atoms with Gasteiger partial charge < -0.3 is 10.2 Å². The van der Waals surface area contributed by atoms with Crippen molar-refractivity contribution in [2.24, 2.45) is 5.73 Å². The van der Waals surface area contributed by atoms with Gasteiger partial charge in [0.2, 0.25) is 0 Å². The molecule has 0 aliphatic heterocycles. The van der Waals surface area contributed by atoms with E-state index in [-0.39, 0.29) is 12.4 Å². The fourth-order valence-corrected chi connectivity index (χ4v) is 3.12. The van der Waals surface area contributed by atoms with Gasteiger partial charge in [0.15, 0.2) is 0 Å². The van der Waals surface area contributed by atoms with Gasteiger partial charge in [0.25, 0.3) is 0 Å². The van der Waals surface area contributed by atoms with Crippen LogP contribution in [0.5, 0.6) is 0 Å². The maximum Gasteiger partial charge on any atom is 0.104 e. The van der Waals surface area contributed by atoms with Crippen molar-refractivity contribution >= 4 is 12.4 Å². The number of likely N-dealkylation sites (N-methyl/N-ethyl adjacent to an activating group) is 1. The first-order valence-corrected chi connectivity index (χ1v) is 10.7. The van der Waals surface area contributed by atoms with E-state index in [0.717, 1.165) is 24.1 Å². The van der Waals surface area contributed by atoms with Gasteiger partial charge in [-0.3, -0.25) is 0 Å². The topological polar surface area (TPSA) is 26.0 Å². The van der Waals surface area contributed by atoms with Crippen molar-refractivity contribution in [2.75, 3.05) is 27.2 Å². The van der Waals surface area contributed by atoms with Crippen LogP contribution in [0.1, 0.15) is 76.7 Å². The molecule has 0 saturated heterocycles. The number of hydrogen-bond donors (Lipinski definition) is 1. The van der Waals surface area contributed by atoms with E-state index < -0.39 is 0 Å². The van der Waals surface area contributed by atoms with Crippen LogP contribution in [-0.4, -0.2) is 31.7 Å². The first kappa shape index (κ1) is 28.4. The molecule has 0 heterocycles. The van der Waals surface area contributed by atoms with Gasteiger partial charge in [0, 0.05) is 5.56 Å². The summed E-state index contributed by atoms with van der Waals surface area (Å²) in [5.74, 6) is 0. The first-order valence-electron chi connectivity index (χ1n) is 10.7. The molecule has 2 nitrogen and oxygen atoms in total.